The van der Waals surface area contributed by atoms with Gasteiger partial charge in [0.25, 0.3) is 5.91 Å². The van der Waals surface area contributed by atoms with Gasteiger partial charge in [-0.15, -0.1) is 0 Å². The second kappa shape index (κ2) is 7.62. The first kappa shape index (κ1) is 17.4. The molecule has 3 rings (SSSR count). The summed E-state index contributed by atoms with van der Waals surface area (Å²) in [5, 5.41) is 5.71. The first-order valence-corrected chi connectivity index (χ1v) is 7.80. The van der Waals surface area contributed by atoms with Crippen LogP contribution >= 0.6 is 0 Å². The summed E-state index contributed by atoms with van der Waals surface area (Å²) >= 11 is 0. The highest BCUT2D eigenvalue weighted by molar-refractivity contribution is 6.03. The van der Waals surface area contributed by atoms with Gasteiger partial charge in [0.2, 0.25) is 5.91 Å². The molecule has 0 radical (unpaired) electrons. The van der Waals surface area contributed by atoms with Crippen molar-refractivity contribution >= 4 is 34.2 Å². The molecule has 0 aliphatic rings. The van der Waals surface area contributed by atoms with Gasteiger partial charge in [-0.2, -0.15) is 0 Å². The highest BCUT2D eigenvalue weighted by Gasteiger charge is 2.12. The Morgan fingerprint density at radius 3 is 2.35 bits per heavy atom. The van der Waals surface area contributed by atoms with Crippen molar-refractivity contribution in [1.82, 2.24) is 0 Å². The molecule has 132 valence electrons. The van der Waals surface area contributed by atoms with Crippen LogP contribution in [0.2, 0.25) is 0 Å². The average molecular weight is 352 g/mol. The Balaban J connectivity index is 1.74. The van der Waals surface area contributed by atoms with E-state index in [4.69, 9.17) is 9.15 Å². The van der Waals surface area contributed by atoms with Gasteiger partial charge >= 0.3 is 0 Å². The van der Waals surface area contributed by atoms with Crippen LogP contribution in [-0.4, -0.2) is 25.5 Å². The normalized spacial score (nSPS) is 10.5. The van der Waals surface area contributed by atoms with Gasteiger partial charge in [-0.1, -0.05) is 12.1 Å². The monoisotopic (exact) mass is 352 g/mol. The SMILES string of the molecule is COCC(=O)Nc1ccc(NC(=O)c2cc(=O)c3ccccc3o2)cc1. The molecular formula is C19H16N2O5. The minimum absolute atomic E-state index is 0.0422. The van der Waals surface area contributed by atoms with Crippen molar-refractivity contribution in [3.63, 3.8) is 0 Å². The molecule has 0 bridgehead atoms. The Morgan fingerprint density at radius 1 is 1.00 bits per heavy atom. The van der Waals surface area contributed by atoms with Crippen LogP contribution in [0.15, 0.2) is 63.8 Å². The number of carbonyl (C=O) groups is 2. The summed E-state index contributed by atoms with van der Waals surface area (Å²) in [5.74, 6) is -0.891. The summed E-state index contributed by atoms with van der Waals surface area (Å²) in [4.78, 5) is 35.8. The van der Waals surface area contributed by atoms with Crippen LogP contribution in [0.25, 0.3) is 11.0 Å². The van der Waals surface area contributed by atoms with Crippen LogP contribution in [0.4, 0.5) is 11.4 Å². The van der Waals surface area contributed by atoms with Gasteiger partial charge < -0.3 is 19.8 Å². The predicted molar refractivity (Wildman–Crippen MR) is 97.4 cm³/mol. The zero-order valence-corrected chi connectivity index (χ0v) is 13.9. The fraction of sp³-hybridized carbons (Fsp3) is 0.105. The molecule has 7 heteroatoms. The maximum Gasteiger partial charge on any atom is 0.291 e. The third-order valence-electron chi connectivity index (χ3n) is 3.56. The molecule has 0 spiro atoms. The van der Waals surface area contributed by atoms with Crippen molar-refractivity contribution < 1.29 is 18.7 Å². The van der Waals surface area contributed by atoms with E-state index in [1.54, 1.807) is 48.5 Å². The average Bonchev–Trinajstić information content (AvgIpc) is 2.63. The molecule has 0 saturated carbocycles. The minimum atomic E-state index is -0.538. The zero-order chi connectivity index (χ0) is 18.5. The van der Waals surface area contributed by atoms with E-state index in [0.717, 1.165) is 6.07 Å². The molecule has 0 unspecified atom stereocenters. The Hall–Kier alpha value is -3.45. The molecule has 2 N–H and O–H groups in total. The van der Waals surface area contributed by atoms with Crippen LogP contribution in [0.3, 0.4) is 0 Å². The van der Waals surface area contributed by atoms with Gasteiger partial charge in [0, 0.05) is 24.6 Å². The summed E-state index contributed by atoms with van der Waals surface area (Å²) in [6, 6.07) is 14.4. The molecule has 0 aliphatic carbocycles. The zero-order valence-electron chi connectivity index (χ0n) is 13.9. The van der Waals surface area contributed by atoms with Crippen molar-refractivity contribution in [3.8, 4) is 0 Å². The lowest BCUT2D eigenvalue weighted by Gasteiger charge is -2.08. The number of anilines is 2. The van der Waals surface area contributed by atoms with Crippen LogP contribution < -0.4 is 16.1 Å². The Kier molecular flexibility index (Phi) is 5.09. The first-order valence-electron chi connectivity index (χ1n) is 7.80. The van der Waals surface area contributed by atoms with Crippen molar-refractivity contribution in [2.24, 2.45) is 0 Å². The van der Waals surface area contributed by atoms with E-state index in [2.05, 4.69) is 10.6 Å². The van der Waals surface area contributed by atoms with Crippen molar-refractivity contribution in [2.75, 3.05) is 24.4 Å². The Bertz CT molecular complexity index is 1010. The second-order valence-corrected chi connectivity index (χ2v) is 5.48. The Labute approximate surface area is 148 Å². The fourth-order valence-corrected chi connectivity index (χ4v) is 2.37. The molecule has 3 aromatic rings. The van der Waals surface area contributed by atoms with Gasteiger partial charge in [0.15, 0.2) is 11.2 Å². The number of amides is 2. The largest absolute Gasteiger partial charge is 0.451 e. The van der Waals surface area contributed by atoms with E-state index < -0.39 is 5.91 Å². The molecule has 1 heterocycles. The fourth-order valence-electron chi connectivity index (χ4n) is 2.37. The number of methoxy groups -OCH3 is 1. The molecule has 0 fully saturated rings. The van der Waals surface area contributed by atoms with Crippen molar-refractivity contribution in [1.29, 1.82) is 0 Å². The minimum Gasteiger partial charge on any atom is -0.451 e. The number of nitrogens with one attached hydrogen (secondary N) is 2. The van der Waals surface area contributed by atoms with Crippen LogP contribution in [0, 0.1) is 0 Å². The van der Waals surface area contributed by atoms with Gasteiger partial charge in [-0.25, -0.2) is 0 Å². The highest BCUT2D eigenvalue weighted by Crippen LogP contribution is 2.16. The maximum atomic E-state index is 12.3. The lowest BCUT2D eigenvalue weighted by molar-refractivity contribution is -0.119. The van der Waals surface area contributed by atoms with Crippen molar-refractivity contribution in [3.05, 3.63) is 70.6 Å². The number of hydrogen-bond acceptors (Lipinski definition) is 5. The van der Waals surface area contributed by atoms with Crippen LogP contribution in [0.1, 0.15) is 10.6 Å². The highest BCUT2D eigenvalue weighted by atomic mass is 16.5. The second-order valence-electron chi connectivity index (χ2n) is 5.48. The van der Waals surface area contributed by atoms with E-state index in [1.165, 1.54) is 7.11 Å². The summed E-state index contributed by atoms with van der Waals surface area (Å²) < 4.78 is 10.2. The lowest BCUT2D eigenvalue weighted by atomic mass is 10.2. The third kappa shape index (κ3) is 3.96. The molecule has 7 nitrogen and oxygen atoms in total. The van der Waals surface area contributed by atoms with E-state index in [1.807, 2.05) is 0 Å². The summed E-state index contributed by atoms with van der Waals surface area (Å²) in [7, 11) is 1.43. The van der Waals surface area contributed by atoms with Crippen LogP contribution in [-0.2, 0) is 9.53 Å². The molecule has 0 aliphatic heterocycles. The molecule has 26 heavy (non-hydrogen) atoms. The molecule has 0 atom stereocenters. The maximum absolute atomic E-state index is 12.3. The summed E-state index contributed by atoms with van der Waals surface area (Å²) in [6.45, 7) is -0.0422. The van der Waals surface area contributed by atoms with Gasteiger partial charge in [0.05, 0.1) is 5.39 Å². The number of benzene rings is 2. The number of para-hydroxylation sites is 1. The number of hydrogen-bond donors (Lipinski definition) is 2. The first-order chi connectivity index (χ1) is 12.6. The lowest BCUT2D eigenvalue weighted by Crippen LogP contribution is -2.17. The molecular weight excluding hydrogens is 336 g/mol. The van der Waals surface area contributed by atoms with E-state index >= 15 is 0 Å². The standard InChI is InChI=1S/C19H16N2O5/c1-25-11-18(23)20-12-6-8-13(9-7-12)21-19(24)17-10-15(22)14-4-2-3-5-16(14)26-17/h2-10H,11H2,1H3,(H,20,23)(H,21,24). The number of ether oxygens (including phenoxy) is 1. The van der Waals surface area contributed by atoms with Crippen molar-refractivity contribution in [2.45, 2.75) is 0 Å². The third-order valence-corrected chi connectivity index (χ3v) is 3.56. The van der Waals surface area contributed by atoms with Gasteiger partial charge in [0.1, 0.15) is 12.2 Å². The van der Waals surface area contributed by atoms with E-state index in [9.17, 15) is 14.4 Å². The summed E-state index contributed by atoms with van der Waals surface area (Å²) in [5.41, 5.74) is 1.13. The van der Waals surface area contributed by atoms with E-state index in [-0.39, 0.29) is 23.7 Å². The number of fused-ring (bicyclic) bond motifs is 1. The van der Waals surface area contributed by atoms with Crippen LogP contribution in [0.5, 0.6) is 0 Å². The predicted octanol–water partition coefficient (Wildman–Crippen LogP) is 2.63. The van der Waals surface area contributed by atoms with Gasteiger partial charge in [-0.3, -0.25) is 14.4 Å². The molecule has 1 aromatic heterocycles. The number of rotatable bonds is 5. The van der Waals surface area contributed by atoms with E-state index in [0.29, 0.717) is 22.3 Å². The quantitative estimate of drug-likeness (QED) is 0.736. The molecule has 2 amide bonds. The smallest absolute Gasteiger partial charge is 0.291 e. The summed E-state index contributed by atoms with van der Waals surface area (Å²) in [6.07, 6.45) is 0. The Morgan fingerprint density at radius 2 is 1.65 bits per heavy atom. The molecule has 2 aromatic carbocycles. The molecule has 0 saturated heterocycles. The topological polar surface area (TPSA) is 97.6 Å². The number of carbonyl (C=O) groups excluding carboxylic acids is 2. The van der Waals surface area contributed by atoms with Gasteiger partial charge in [-0.05, 0) is 36.4 Å².